The standard InChI is InChI=1S/C37H33NO2/c1-5-26(24-35-25(4)36(39)29-14-8-13-19-34(29)40-35)27-20-22-28(23-21-27)38-32-17-11-9-15-30(32)37(6-2,7-3)31-16-10-12-18-33(31)38/h5,8-24H,1,6-7H2,2-4H3/b26-24+. The fourth-order valence-electron chi connectivity index (χ4n) is 6.31. The van der Waals surface area contributed by atoms with Gasteiger partial charge < -0.3 is 9.32 Å². The van der Waals surface area contributed by atoms with Crippen LogP contribution in [0, 0.1) is 6.92 Å². The maximum absolute atomic E-state index is 12.9. The number of fused-ring (bicyclic) bond motifs is 3. The van der Waals surface area contributed by atoms with E-state index in [1.54, 1.807) is 6.07 Å². The van der Waals surface area contributed by atoms with Crippen molar-refractivity contribution in [2.45, 2.75) is 39.0 Å². The number of hydrogen-bond donors (Lipinski definition) is 0. The van der Waals surface area contributed by atoms with Gasteiger partial charge in [-0.05, 0) is 84.5 Å². The van der Waals surface area contributed by atoms with Gasteiger partial charge in [-0.2, -0.15) is 0 Å². The number of nitrogens with zero attached hydrogens (tertiary/aromatic N) is 1. The van der Waals surface area contributed by atoms with Gasteiger partial charge in [-0.15, -0.1) is 0 Å². The number of hydrogen-bond acceptors (Lipinski definition) is 3. The molecule has 1 aliphatic heterocycles. The molecule has 0 unspecified atom stereocenters. The topological polar surface area (TPSA) is 33.5 Å². The lowest BCUT2D eigenvalue weighted by Crippen LogP contribution is -2.34. The predicted molar refractivity (Wildman–Crippen MR) is 168 cm³/mol. The molecule has 0 spiro atoms. The van der Waals surface area contributed by atoms with Crippen LogP contribution in [0.25, 0.3) is 22.6 Å². The lowest BCUT2D eigenvalue weighted by molar-refractivity contribution is 0.474. The number of anilines is 3. The monoisotopic (exact) mass is 523 g/mol. The van der Waals surface area contributed by atoms with E-state index in [-0.39, 0.29) is 10.8 Å². The zero-order chi connectivity index (χ0) is 27.9. The van der Waals surface area contributed by atoms with Gasteiger partial charge in [-0.3, -0.25) is 4.79 Å². The fraction of sp³-hybridized carbons (Fsp3) is 0.162. The van der Waals surface area contributed by atoms with Crippen LogP contribution >= 0.6 is 0 Å². The van der Waals surface area contributed by atoms with Crippen molar-refractivity contribution in [3.8, 4) is 0 Å². The molecule has 4 aromatic carbocycles. The highest BCUT2D eigenvalue weighted by atomic mass is 16.3. The Morgan fingerprint density at radius 1 is 0.825 bits per heavy atom. The predicted octanol–water partition coefficient (Wildman–Crippen LogP) is 9.72. The lowest BCUT2D eigenvalue weighted by atomic mass is 9.67. The van der Waals surface area contributed by atoms with Crippen molar-refractivity contribution in [3.05, 3.63) is 148 Å². The average Bonchev–Trinajstić information content (AvgIpc) is 3.01. The minimum absolute atomic E-state index is 0.00970. The molecule has 0 saturated heterocycles. The molecule has 198 valence electrons. The molecule has 3 nitrogen and oxygen atoms in total. The Morgan fingerprint density at radius 2 is 1.40 bits per heavy atom. The summed E-state index contributed by atoms with van der Waals surface area (Å²) in [6, 6.07) is 33.5. The fourth-order valence-corrected chi connectivity index (χ4v) is 6.31. The zero-order valence-corrected chi connectivity index (χ0v) is 23.3. The third kappa shape index (κ3) is 3.93. The Labute approximate surface area is 235 Å². The minimum Gasteiger partial charge on any atom is -0.456 e. The molecule has 2 heterocycles. The van der Waals surface area contributed by atoms with Gasteiger partial charge in [0.25, 0.3) is 0 Å². The van der Waals surface area contributed by atoms with Crippen molar-refractivity contribution in [2.24, 2.45) is 0 Å². The lowest BCUT2D eigenvalue weighted by Gasteiger charge is -2.45. The summed E-state index contributed by atoms with van der Waals surface area (Å²) in [5, 5.41) is 0.596. The van der Waals surface area contributed by atoms with Crippen molar-refractivity contribution in [2.75, 3.05) is 4.90 Å². The molecule has 0 radical (unpaired) electrons. The van der Waals surface area contributed by atoms with Gasteiger partial charge in [0, 0.05) is 16.7 Å². The summed E-state index contributed by atoms with van der Waals surface area (Å²) in [4.78, 5) is 15.3. The van der Waals surface area contributed by atoms with Crippen LogP contribution in [0.1, 0.15) is 54.7 Å². The molecular formula is C37H33NO2. The third-order valence-corrected chi connectivity index (χ3v) is 8.56. The van der Waals surface area contributed by atoms with Crippen molar-refractivity contribution in [1.82, 2.24) is 0 Å². The first-order valence-electron chi connectivity index (χ1n) is 14.0. The Bertz CT molecular complexity index is 1770. The molecule has 1 aromatic heterocycles. The van der Waals surface area contributed by atoms with Crippen molar-refractivity contribution >= 4 is 39.7 Å². The number of benzene rings is 4. The van der Waals surface area contributed by atoms with E-state index < -0.39 is 0 Å². The van der Waals surface area contributed by atoms with E-state index in [2.05, 4.69) is 98.1 Å². The Balaban J connectivity index is 1.44. The minimum atomic E-state index is -0.00991. The summed E-state index contributed by atoms with van der Waals surface area (Å²) in [6.07, 6.45) is 5.81. The van der Waals surface area contributed by atoms with Gasteiger partial charge in [0.05, 0.1) is 16.8 Å². The largest absolute Gasteiger partial charge is 0.456 e. The molecule has 0 bridgehead atoms. The second kappa shape index (κ2) is 10.2. The van der Waals surface area contributed by atoms with Crippen LogP contribution in [0.5, 0.6) is 0 Å². The summed E-state index contributed by atoms with van der Waals surface area (Å²) in [5.41, 5.74) is 9.35. The highest BCUT2D eigenvalue weighted by molar-refractivity contribution is 5.90. The van der Waals surface area contributed by atoms with Crippen LogP contribution in [-0.2, 0) is 5.41 Å². The van der Waals surface area contributed by atoms with E-state index in [0.717, 1.165) is 29.7 Å². The number of allylic oxidation sites excluding steroid dienone is 2. The molecule has 40 heavy (non-hydrogen) atoms. The molecule has 3 heteroatoms. The molecule has 0 fully saturated rings. The molecule has 0 amide bonds. The number of rotatable bonds is 6. The molecule has 1 aliphatic rings. The van der Waals surface area contributed by atoms with E-state index in [4.69, 9.17) is 4.42 Å². The van der Waals surface area contributed by atoms with Gasteiger partial charge in [-0.1, -0.05) is 87.2 Å². The van der Waals surface area contributed by atoms with Gasteiger partial charge in [0.2, 0.25) is 0 Å². The highest BCUT2D eigenvalue weighted by Gasteiger charge is 2.40. The smallest absolute Gasteiger partial charge is 0.196 e. The Morgan fingerprint density at radius 3 is 2.00 bits per heavy atom. The second-order valence-corrected chi connectivity index (χ2v) is 10.4. The normalized spacial score (nSPS) is 14.1. The van der Waals surface area contributed by atoms with Crippen LogP contribution in [0.2, 0.25) is 0 Å². The molecule has 0 N–H and O–H groups in total. The SMILES string of the molecule is C=C/C(=C\c1oc2ccccc2c(=O)c1C)c1ccc(N2c3ccccc3C(CC)(CC)c3ccccc32)cc1. The van der Waals surface area contributed by atoms with Gasteiger partial charge in [-0.25, -0.2) is 0 Å². The maximum atomic E-state index is 12.9. The summed E-state index contributed by atoms with van der Waals surface area (Å²) < 4.78 is 6.13. The second-order valence-electron chi connectivity index (χ2n) is 10.4. The summed E-state index contributed by atoms with van der Waals surface area (Å²) in [6.45, 7) is 10.5. The molecule has 0 saturated carbocycles. The van der Waals surface area contributed by atoms with Crippen molar-refractivity contribution in [3.63, 3.8) is 0 Å². The summed E-state index contributed by atoms with van der Waals surface area (Å²) >= 11 is 0. The quantitative estimate of drug-likeness (QED) is 0.208. The molecule has 6 rings (SSSR count). The van der Waals surface area contributed by atoms with E-state index in [9.17, 15) is 4.79 Å². The maximum Gasteiger partial charge on any atom is 0.196 e. The van der Waals surface area contributed by atoms with Crippen molar-refractivity contribution < 1.29 is 4.42 Å². The Hall–Kier alpha value is -4.63. The van der Waals surface area contributed by atoms with Crippen molar-refractivity contribution in [1.29, 1.82) is 0 Å². The van der Waals surface area contributed by atoms with Crippen LogP contribution < -0.4 is 10.3 Å². The van der Waals surface area contributed by atoms with Crippen LogP contribution in [0.4, 0.5) is 17.1 Å². The zero-order valence-electron chi connectivity index (χ0n) is 23.3. The number of para-hydroxylation sites is 3. The van der Waals surface area contributed by atoms with E-state index >= 15 is 0 Å². The van der Waals surface area contributed by atoms with E-state index in [1.807, 2.05) is 37.3 Å². The molecular weight excluding hydrogens is 490 g/mol. The average molecular weight is 524 g/mol. The first-order chi connectivity index (χ1) is 19.5. The molecule has 5 aromatic rings. The first-order valence-corrected chi connectivity index (χ1v) is 14.0. The third-order valence-electron chi connectivity index (χ3n) is 8.56. The van der Waals surface area contributed by atoms with Crippen LogP contribution in [0.3, 0.4) is 0 Å². The summed E-state index contributed by atoms with van der Waals surface area (Å²) in [5.74, 6) is 0.553. The van der Waals surface area contributed by atoms with Crippen LogP contribution in [0.15, 0.2) is 119 Å². The highest BCUT2D eigenvalue weighted by Crippen LogP contribution is 2.54. The van der Waals surface area contributed by atoms with Gasteiger partial charge in [0.1, 0.15) is 11.3 Å². The van der Waals surface area contributed by atoms with Gasteiger partial charge in [0.15, 0.2) is 5.43 Å². The molecule has 0 atom stereocenters. The van der Waals surface area contributed by atoms with E-state index in [0.29, 0.717) is 22.3 Å². The molecule has 0 aliphatic carbocycles. The first kappa shape index (κ1) is 25.6. The van der Waals surface area contributed by atoms with Crippen LogP contribution in [-0.4, -0.2) is 0 Å². The Kier molecular flexibility index (Phi) is 6.51. The van der Waals surface area contributed by atoms with E-state index in [1.165, 1.54) is 22.5 Å². The van der Waals surface area contributed by atoms with Gasteiger partial charge >= 0.3 is 0 Å². The summed E-state index contributed by atoms with van der Waals surface area (Å²) in [7, 11) is 0.